The summed E-state index contributed by atoms with van der Waals surface area (Å²) in [7, 11) is 1.89. The Balaban J connectivity index is 1.77. The number of anilines is 1. The molecule has 27 heavy (non-hydrogen) atoms. The fourth-order valence-electron chi connectivity index (χ4n) is 3.31. The normalized spacial score (nSPS) is 11.4. The predicted octanol–water partition coefficient (Wildman–Crippen LogP) is 2.22. The van der Waals surface area contributed by atoms with Gasteiger partial charge in [0.2, 0.25) is 0 Å². The van der Waals surface area contributed by atoms with E-state index in [1.807, 2.05) is 48.1 Å². The highest BCUT2D eigenvalue weighted by molar-refractivity contribution is 5.87. The van der Waals surface area contributed by atoms with Crippen LogP contribution in [0.3, 0.4) is 0 Å². The Morgan fingerprint density at radius 2 is 2.04 bits per heavy atom. The Hall–Kier alpha value is -3.94. The Morgan fingerprint density at radius 1 is 1.15 bits per heavy atom. The van der Waals surface area contributed by atoms with Gasteiger partial charge in [0, 0.05) is 24.7 Å². The van der Waals surface area contributed by atoms with Crippen LogP contribution in [0.1, 0.15) is 0 Å². The van der Waals surface area contributed by atoms with E-state index in [0.717, 1.165) is 16.5 Å². The first-order valence-corrected chi connectivity index (χ1v) is 8.37. The van der Waals surface area contributed by atoms with Crippen molar-refractivity contribution in [3.63, 3.8) is 0 Å². The summed E-state index contributed by atoms with van der Waals surface area (Å²) in [5.74, 6) is 0.252. The molecule has 0 saturated carbocycles. The summed E-state index contributed by atoms with van der Waals surface area (Å²) in [6.07, 6.45) is 3.47. The largest absolute Gasteiger partial charge is 0.382 e. The van der Waals surface area contributed by atoms with Gasteiger partial charge >= 0.3 is 0 Å². The molecule has 1 aromatic carbocycles. The van der Waals surface area contributed by atoms with Crippen molar-refractivity contribution in [2.45, 2.75) is 0 Å². The third-order valence-electron chi connectivity index (χ3n) is 4.62. The molecule has 8 nitrogen and oxygen atoms in total. The van der Waals surface area contributed by atoms with E-state index >= 15 is 0 Å². The summed E-state index contributed by atoms with van der Waals surface area (Å²) in [5.41, 5.74) is 10.2. The average Bonchev–Trinajstić information content (AvgIpc) is 3.22. The molecule has 5 rings (SSSR count). The standard InChI is InChI=1S/C19H15N7O/c1-25-15-6-5-11(8-12(15)10-22-25)14-9-16(27)26-19(23-14)17(18(20)24-26)13-4-2-3-7-21-13/h2-10,23H,1H3,(H2,20,24). The maximum Gasteiger partial charge on any atom is 0.274 e. The van der Waals surface area contributed by atoms with Crippen LogP contribution in [0.25, 0.3) is 39.1 Å². The monoisotopic (exact) mass is 357 g/mol. The molecule has 0 spiro atoms. The number of aromatic amines is 1. The number of benzene rings is 1. The van der Waals surface area contributed by atoms with Crippen LogP contribution in [-0.2, 0) is 7.05 Å². The SMILES string of the molecule is Cn1ncc2cc(-c3cc(=O)n4nc(N)c(-c5ccccn5)c4[nH]3)ccc21. The van der Waals surface area contributed by atoms with E-state index in [-0.39, 0.29) is 11.4 Å². The van der Waals surface area contributed by atoms with E-state index in [0.29, 0.717) is 22.6 Å². The summed E-state index contributed by atoms with van der Waals surface area (Å²) >= 11 is 0. The van der Waals surface area contributed by atoms with Crippen molar-refractivity contribution >= 4 is 22.4 Å². The Bertz CT molecular complexity index is 1360. The Kier molecular flexibility index (Phi) is 3.14. The lowest BCUT2D eigenvalue weighted by molar-refractivity contribution is 0.797. The van der Waals surface area contributed by atoms with E-state index < -0.39 is 0 Å². The highest BCUT2D eigenvalue weighted by Gasteiger charge is 2.17. The van der Waals surface area contributed by atoms with Gasteiger partial charge in [-0.2, -0.15) is 9.61 Å². The molecule has 5 aromatic rings. The second-order valence-corrected chi connectivity index (χ2v) is 6.30. The van der Waals surface area contributed by atoms with Crippen LogP contribution in [0.5, 0.6) is 0 Å². The first-order valence-electron chi connectivity index (χ1n) is 8.37. The van der Waals surface area contributed by atoms with Crippen LogP contribution in [0.15, 0.2) is 59.7 Å². The second kappa shape index (κ2) is 5.53. The smallest absolute Gasteiger partial charge is 0.274 e. The second-order valence-electron chi connectivity index (χ2n) is 6.30. The summed E-state index contributed by atoms with van der Waals surface area (Å²) in [5, 5.41) is 9.43. The van der Waals surface area contributed by atoms with Gasteiger partial charge in [0.1, 0.15) is 5.65 Å². The van der Waals surface area contributed by atoms with E-state index in [1.54, 1.807) is 12.4 Å². The highest BCUT2D eigenvalue weighted by atomic mass is 16.1. The number of nitrogens with two attached hydrogens (primary N) is 1. The van der Waals surface area contributed by atoms with E-state index in [9.17, 15) is 4.79 Å². The summed E-state index contributed by atoms with van der Waals surface area (Å²) < 4.78 is 3.08. The number of rotatable bonds is 2. The van der Waals surface area contributed by atoms with Gasteiger partial charge in [0.25, 0.3) is 5.56 Å². The summed E-state index contributed by atoms with van der Waals surface area (Å²) in [4.78, 5) is 20.3. The number of H-pyrrole nitrogens is 1. The number of fused-ring (bicyclic) bond motifs is 2. The fraction of sp³-hybridized carbons (Fsp3) is 0.0526. The van der Waals surface area contributed by atoms with Crippen LogP contribution in [0.2, 0.25) is 0 Å². The van der Waals surface area contributed by atoms with Crippen LogP contribution in [-0.4, -0.2) is 29.4 Å². The van der Waals surface area contributed by atoms with E-state index in [1.165, 1.54) is 10.6 Å². The van der Waals surface area contributed by atoms with Gasteiger partial charge in [0.15, 0.2) is 5.82 Å². The first-order chi connectivity index (χ1) is 13.1. The molecule has 0 bridgehead atoms. The molecule has 0 fully saturated rings. The van der Waals surface area contributed by atoms with Crippen LogP contribution < -0.4 is 11.3 Å². The van der Waals surface area contributed by atoms with Gasteiger partial charge in [0.05, 0.1) is 28.7 Å². The summed E-state index contributed by atoms with van der Waals surface area (Å²) in [6.45, 7) is 0. The van der Waals surface area contributed by atoms with Gasteiger partial charge in [-0.15, -0.1) is 5.10 Å². The number of pyridine rings is 1. The first kappa shape index (κ1) is 15.3. The zero-order valence-corrected chi connectivity index (χ0v) is 14.4. The van der Waals surface area contributed by atoms with E-state index in [2.05, 4.69) is 20.2 Å². The molecule has 132 valence electrons. The topological polar surface area (TPSA) is 107 Å². The molecular formula is C19H15N7O. The zero-order valence-electron chi connectivity index (χ0n) is 14.4. The third kappa shape index (κ3) is 2.30. The van der Waals surface area contributed by atoms with Gasteiger partial charge in [-0.25, -0.2) is 0 Å². The molecule has 0 radical (unpaired) electrons. The maximum atomic E-state index is 12.6. The van der Waals surface area contributed by atoms with Crippen molar-refractivity contribution < 1.29 is 0 Å². The van der Waals surface area contributed by atoms with Crippen LogP contribution >= 0.6 is 0 Å². The van der Waals surface area contributed by atoms with Crippen LogP contribution in [0.4, 0.5) is 5.82 Å². The molecule has 4 aromatic heterocycles. The number of nitrogen functional groups attached to an aromatic ring is 1. The predicted molar refractivity (Wildman–Crippen MR) is 103 cm³/mol. The minimum absolute atomic E-state index is 0.252. The quantitative estimate of drug-likeness (QED) is 0.504. The minimum atomic E-state index is -0.265. The van der Waals surface area contributed by atoms with Gasteiger partial charge < -0.3 is 10.7 Å². The van der Waals surface area contributed by atoms with Crippen molar-refractivity contribution in [2.24, 2.45) is 7.05 Å². The number of nitrogens with zero attached hydrogens (tertiary/aromatic N) is 5. The maximum absolute atomic E-state index is 12.6. The van der Waals surface area contributed by atoms with Gasteiger partial charge in [-0.1, -0.05) is 12.1 Å². The van der Waals surface area contributed by atoms with Crippen molar-refractivity contribution in [3.05, 3.63) is 65.2 Å². The molecule has 0 aliphatic carbocycles. The molecule has 0 aliphatic heterocycles. The Labute approximate surface area is 152 Å². The number of aryl methyl sites for hydroxylation is 1. The third-order valence-corrected chi connectivity index (χ3v) is 4.62. The Morgan fingerprint density at radius 3 is 2.85 bits per heavy atom. The zero-order chi connectivity index (χ0) is 18.5. The summed E-state index contributed by atoms with van der Waals surface area (Å²) in [6, 6.07) is 13.0. The molecule has 3 N–H and O–H groups in total. The molecule has 4 heterocycles. The van der Waals surface area contributed by atoms with Crippen LogP contribution in [0, 0.1) is 0 Å². The van der Waals surface area contributed by atoms with Gasteiger partial charge in [-0.05, 0) is 29.8 Å². The van der Waals surface area contributed by atoms with Crippen molar-refractivity contribution in [3.8, 4) is 22.5 Å². The molecule has 0 amide bonds. The fourth-order valence-corrected chi connectivity index (χ4v) is 3.31. The molecule has 8 heteroatoms. The molecule has 0 atom stereocenters. The number of hydrogen-bond acceptors (Lipinski definition) is 5. The lowest BCUT2D eigenvalue weighted by atomic mass is 10.1. The molecule has 0 saturated heterocycles. The van der Waals surface area contributed by atoms with Crippen molar-refractivity contribution in [1.29, 1.82) is 0 Å². The number of aromatic nitrogens is 6. The molecule has 0 aliphatic rings. The van der Waals surface area contributed by atoms with E-state index in [4.69, 9.17) is 5.73 Å². The van der Waals surface area contributed by atoms with Gasteiger partial charge in [-0.3, -0.25) is 14.5 Å². The van der Waals surface area contributed by atoms with Crippen molar-refractivity contribution in [2.75, 3.05) is 5.73 Å². The number of nitrogens with one attached hydrogen (secondary N) is 1. The number of hydrogen-bond donors (Lipinski definition) is 2. The molecule has 0 unspecified atom stereocenters. The highest BCUT2D eigenvalue weighted by Crippen LogP contribution is 2.29. The lowest BCUT2D eigenvalue weighted by Gasteiger charge is -2.05. The minimum Gasteiger partial charge on any atom is -0.382 e. The molecular weight excluding hydrogens is 342 g/mol. The lowest BCUT2D eigenvalue weighted by Crippen LogP contribution is -2.14. The average molecular weight is 357 g/mol. The van der Waals surface area contributed by atoms with Crippen molar-refractivity contribution in [1.82, 2.24) is 29.4 Å².